The Bertz CT molecular complexity index is 907. The molecular formula is C20H22N4O2. The predicted octanol–water partition coefficient (Wildman–Crippen LogP) is 2.86. The van der Waals surface area contributed by atoms with Gasteiger partial charge in [0.25, 0.3) is 5.91 Å². The van der Waals surface area contributed by atoms with Crippen molar-refractivity contribution in [2.75, 3.05) is 13.1 Å². The number of carbonyl (C=O) groups excluding carboxylic acids is 1. The van der Waals surface area contributed by atoms with Crippen molar-refractivity contribution in [3.63, 3.8) is 0 Å². The minimum absolute atomic E-state index is 0.0164. The Balaban J connectivity index is 1.45. The zero-order valence-electron chi connectivity index (χ0n) is 14.8. The van der Waals surface area contributed by atoms with Crippen LogP contribution in [0.4, 0.5) is 0 Å². The third-order valence-corrected chi connectivity index (χ3v) is 4.83. The van der Waals surface area contributed by atoms with E-state index >= 15 is 0 Å². The number of fused-ring (bicyclic) bond motifs is 1. The lowest BCUT2D eigenvalue weighted by Gasteiger charge is -2.32. The number of amides is 1. The van der Waals surface area contributed by atoms with Crippen LogP contribution >= 0.6 is 0 Å². The molecule has 0 aromatic carbocycles. The van der Waals surface area contributed by atoms with E-state index in [2.05, 4.69) is 9.97 Å². The highest BCUT2D eigenvalue weighted by molar-refractivity contribution is 5.94. The van der Waals surface area contributed by atoms with Crippen molar-refractivity contribution in [3.8, 4) is 0 Å². The van der Waals surface area contributed by atoms with E-state index in [4.69, 9.17) is 4.74 Å². The maximum absolute atomic E-state index is 13.0. The highest BCUT2D eigenvalue weighted by Crippen LogP contribution is 2.19. The minimum atomic E-state index is -0.0164. The van der Waals surface area contributed by atoms with Gasteiger partial charge in [-0.1, -0.05) is 12.1 Å². The lowest BCUT2D eigenvalue weighted by atomic mass is 10.1. The van der Waals surface area contributed by atoms with Crippen LogP contribution in [0.15, 0.2) is 48.8 Å². The largest absolute Gasteiger partial charge is 0.370 e. The molecule has 1 aliphatic heterocycles. The first-order valence-electron chi connectivity index (χ1n) is 8.97. The van der Waals surface area contributed by atoms with Crippen molar-refractivity contribution in [2.45, 2.75) is 32.5 Å². The summed E-state index contributed by atoms with van der Waals surface area (Å²) < 4.78 is 7.94. The molecule has 1 saturated heterocycles. The molecule has 6 heteroatoms. The van der Waals surface area contributed by atoms with Gasteiger partial charge in [0.2, 0.25) is 0 Å². The Hall–Kier alpha value is -2.73. The molecule has 3 aromatic rings. The van der Waals surface area contributed by atoms with Crippen molar-refractivity contribution in [1.29, 1.82) is 0 Å². The summed E-state index contributed by atoms with van der Waals surface area (Å²) in [6, 6.07) is 11.6. The van der Waals surface area contributed by atoms with Crippen LogP contribution in [-0.2, 0) is 11.3 Å². The molecule has 1 amide bonds. The van der Waals surface area contributed by atoms with Crippen LogP contribution < -0.4 is 0 Å². The molecule has 0 radical (unpaired) electrons. The molecule has 1 fully saturated rings. The summed E-state index contributed by atoms with van der Waals surface area (Å²) in [7, 11) is 0. The average Bonchev–Trinajstić information content (AvgIpc) is 3.04. The summed E-state index contributed by atoms with van der Waals surface area (Å²) in [5, 5.41) is 0. The number of rotatable bonds is 4. The summed E-state index contributed by atoms with van der Waals surface area (Å²) in [6.07, 6.45) is 5.63. The highest BCUT2D eigenvalue weighted by atomic mass is 16.5. The van der Waals surface area contributed by atoms with Gasteiger partial charge in [-0.25, -0.2) is 4.98 Å². The molecule has 1 aliphatic rings. The van der Waals surface area contributed by atoms with Crippen molar-refractivity contribution in [2.24, 2.45) is 0 Å². The number of hydrogen-bond acceptors (Lipinski definition) is 4. The zero-order valence-corrected chi connectivity index (χ0v) is 14.8. The molecule has 26 heavy (non-hydrogen) atoms. The number of aryl methyl sites for hydroxylation is 1. The first-order chi connectivity index (χ1) is 12.7. The number of ether oxygens (including phenoxy) is 1. The Morgan fingerprint density at radius 2 is 2.15 bits per heavy atom. The predicted molar refractivity (Wildman–Crippen MR) is 97.9 cm³/mol. The number of imidazole rings is 1. The van der Waals surface area contributed by atoms with Gasteiger partial charge in [0.05, 0.1) is 24.1 Å². The van der Waals surface area contributed by atoms with Gasteiger partial charge in [-0.2, -0.15) is 0 Å². The second-order valence-corrected chi connectivity index (χ2v) is 6.62. The highest BCUT2D eigenvalue weighted by Gasteiger charge is 2.28. The second kappa shape index (κ2) is 7.25. The van der Waals surface area contributed by atoms with Crippen LogP contribution in [0.2, 0.25) is 0 Å². The van der Waals surface area contributed by atoms with Gasteiger partial charge in [-0.05, 0) is 44.0 Å². The molecule has 4 heterocycles. The summed E-state index contributed by atoms with van der Waals surface area (Å²) in [4.78, 5) is 23.7. The fourth-order valence-electron chi connectivity index (χ4n) is 3.42. The normalized spacial score (nSPS) is 17.6. The van der Waals surface area contributed by atoms with Gasteiger partial charge >= 0.3 is 0 Å². The van der Waals surface area contributed by atoms with Gasteiger partial charge in [0.1, 0.15) is 11.3 Å². The number of carbonyl (C=O) groups is 1. The number of piperidine rings is 1. The maximum atomic E-state index is 13.0. The summed E-state index contributed by atoms with van der Waals surface area (Å²) in [6.45, 7) is 3.75. The molecular weight excluding hydrogens is 328 g/mol. The lowest BCUT2D eigenvalue weighted by molar-refractivity contribution is -0.00801. The number of likely N-dealkylation sites (tertiary alicyclic amines) is 1. The third-order valence-electron chi connectivity index (χ3n) is 4.83. The maximum Gasteiger partial charge on any atom is 0.274 e. The Labute approximate surface area is 152 Å². The Morgan fingerprint density at radius 3 is 2.96 bits per heavy atom. The Morgan fingerprint density at radius 1 is 1.27 bits per heavy atom. The van der Waals surface area contributed by atoms with Gasteiger partial charge in [0, 0.05) is 25.5 Å². The number of hydrogen-bond donors (Lipinski definition) is 0. The molecule has 0 aliphatic carbocycles. The molecule has 6 nitrogen and oxygen atoms in total. The number of pyridine rings is 2. The average molecular weight is 350 g/mol. The van der Waals surface area contributed by atoms with E-state index in [0.717, 1.165) is 36.4 Å². The van der Waals surface area contributed by atoms with Crippen LogP contribution in [-0.4, -0.2) is 44.4 Å². The first-order valence-corrected chi connectivity index (χ1v) is 8.97. The van der Waals surface area contributed by atoms with Gasteiger partial charge in [-0.3, -0.25) is 9.78 Å². The second-order valence-electron chi connectivity index (χ2n) is 6.62. The van der Waals surface area contributed by atoms with Gasteiger partial charge in [-0.15, -0.1) is 0 Å². The monoisotopic (exact) mass is 350 g/mol. The van der Waals surface area contributed by atoms with Crippen LogP contribution in [0.5, 0.6) is 0 Å². The van der Waals surface area contributed by atoms with Gasteiger partial charge in [0.15, 0.2) is 0 Å². The Kier molecular flexibility index (Phi) is 4.67. The standard InChI is InChI=1S/C20H22N4O2/c1-15-19(22-18-9-3-5-12-24(15)18)20(25)23-11-6-8-17(13-23)26-14-16-7-2-4-10-21-16/h2-5,7,9-10,12,17H,6,8,11,13-14H2,1H3. The first kappa shape index (κ1) is 16.7. The molecule has 0 spiro atoms. The van der Waals surface area contributed by atoms with Crippen LogP contribution in [0.1, 0.15) is 34.7 Å². The molecule has 3 aromatic heterocycles. The van der Waals surface area contributed by atoms with Crippen LogP contribution in [0.25, 0.3) is 5.65 Å². The smallest absolute Gasteiger partial charge is 0.274 e. The summed E-state index contributed by atoms with van der Waals surface area (Å²) >= 11 is 0. The van der Waals surface area contributed by atoms with Crippen molar-refractivity contribution in [1.82, 2.24) is 19.3 Å². The molecule has 1 unspecified atom stereocenters. The van der Waals surface area contributed by atoms with Gasteiger partial charge < -0.3 is 14.0 Å². The zero-order chi connectivity index (χ0) is 17.9. The van der Waals surface area contributed by atoms with E-state index in [9.17, 15) is 4.79 Å². The van der Waals surface area contributed by atoms with E-state index < -0.39 is 0 Å². The van der Waals surface area contributed by atoms with E-state index in [1.807, 2.05) is 58.8 Å². The number of nitrogens with zero attached hydrogens (tertiary/aromatic N) is 4. The van der Waals surface area contributed by atoms with Crippen molar-refractivity contribution < 1.29 is 9.53 Å². The molecule has 0 saturated carbocycles. The fourth-order valence-corrected chi connectivity index (χ4v) is 3.42. The van der Waals surface area contributed by atoms with Crippen molar-refractivity contribution in [3.05, 3.63) is 65.9 Å². The van der Waals surface area contributed by atoms with Crippen molar-refractivity contribution >= 4 is 11.6 Å². The SMILES string of the molecule is Cc1c(C(=O)N2CCCC(OCc3ccccn3)C2)nc2ccccn12. The quantitative estimate of drug-likeness (QED) is 0.726. The molecule has 4 rings (SSSR count). The van der Waals surface area contributed by atoms with E-state index in [1.165, 1.54) is 0 Å². The molecule has 0 bridgehead atoms. The van der Waals surface area contributed by atoms with Crippen LogP contribution in [0, 0.1) is 6.92 Å². The fraction of sp³-hybridized carbons (Fsp3) is 0.350. The van der Waals surface area contributed by atoms with E-state index in [0.29, 0.717) is 18.8 Å². The van der Waals surface area contributed by atoms with E-state index in [-0.39, 0.29) is 12.0 Å². The minimum Gasteiger partial charge on any atom is -0.370 e. The molecule has 134 valence electrons. The van der Waals surface area contributed by atoms with Crippen LogP contribution in [0.3, 0.4) is 0 Å². The molecule has 0 N–H and O–H groups in total. The van der Waals surface area contributed by atoms with E-state index in [1.54, 1.807) is 6.20 Å². The topological polar surface area (TPSA) is 59.7 Å². The molecule has 1 atom stereocenters. The third kappa shape index (κ3) is 3.32. The lowest BCUT2D eigenvalue weighted by Crippen LogP contribution is -2.43. The summed E-state index contributed by atoms with van der Waals surface area (Å²) in [5.74, 6) is -0.0164. The summed E-state index contributed by atoms with van der Waals surface area (Å²) in [5.41, 5.74) is 3.11. The number of aromatic nitrogens is 3.